The first-order valence-corrected chi connectivity index (χ1v) is 9.14. The number of H-pyrrole nitrogens is 1. The number of nitrogens with one attached hydrogen (secondary N) is 1. The minimum atomic E-state index is 0.00215. The molecule has 0 fully saturated rings. The molecule has 2 heterocycles. The first-order chi connectivity index (χ1) is 10.7. The Morgan fingerprint density at radius 1 is 1.09 bits per heavy atom. The quantitative estimate of drug-likeness (QED) is 0.628. The lowest BCUT2D eigenvalue weighted by atomic mass is 10.1. The summed E-state index contributed by atoms with van der Waals surface area (Å²) in [5, 5.41) is 0.822. The average Bonchev–Trinajstić information content (AvgIpc) is 2.70. The van der Waals surface area contributed by atoms with Crippen molar-refractivity contribution >= 4 is 37.5 Å². The van der Waals surface area contributed by atoms with E-state index >= 15 is 0 Å². The molecule has 22 heavy (non-hydrogen) atoms. The number of hydrogen-bond acceptors (Lipinski definition) is 3. The molecule has 3 aromatic rings. The Hall–Kier alpha value is -1.46. The molecule has 2 aromatic heterocycles. The third-order valence-corrected chi connectivity index (χ3v) is 5.91. The minimum absolute atomic E-state index is 0.00215. The number of nitrogens with zero attached hydrogens (tertiary/aromatic N) is 1. The second-order valence-electron chi connectivity index (χ2n) is 5.67. The van der Waals surface area contributed by atoms with E-state index in [2.05, 4.69) is 20.9 Å². The van der Waals surface area contributed by atoms with Gasteiger partial charge < -0.3 is 4.98 Å². The van der Waals surface area contributed by atoms with E-state index in [1.165, 1.54) is 29.7 Å². The van der Waals surface area contributed by atoms with Gasteiger partial charge in [-0.25, -0.2) is 4.98 Å². The van der Waals surface area contributed by atoms with Gasteiger partial charge >= 0.3 is 0 Å². The second kappa shape index (κ2) is 5.63. The van der Waals surface area contributed by atoms with Gasteiger partial charge in [0.15, 0.2) is 0 Å². The predicted octanol–water partition coefficient (Wildman–Crippen LogP) is 4.68. The molecule has 0 aliphatic heterocycles. The maximum absolute atomic E-state index is 12.6. The summed E-state index contributed by atoms with van der Waals surface area (Å²) in [5.74, 6) is 0.654. The van der Waals surface area contributed by atoms with Crippen LogP contribution in [-0.4, -0.2) is 9.97 Å². The largest absolute Gasteiger partial charge is 0.306 e. The van der Waals surface area contributed by atoms with Gasteiger partial charge in [-0.15, -0.1) is 11.3 Å². The van der Waals surface area contributed by atoms with Gasteiger partial charge in [-0.05, 0) is 43.4 Å². The van der Waals surface area contributed by atoms with Crippen molar-refractivity contribution in [3.8, 4) is 11.4 Å². The zero-order valence-corrected chi connectivity index (χ0v) is 14.4. The summed E-state index contributed by atoms with van der Waals surface area (Å²) in [6, 6.07) is 7.85. The Kier molecular flexibility index (Phi) is 3.62. The Balaban J connectivity index is 1.90. The van der Waals surface area contributed by atoms with Crippen LogP contribution in [0.3, 0.4) is 0 Å². The van der Waals surface area contributed by atoms with E-state index in [0.717, 1.165) is 33.1 Å². The third-order valence-electron chi connectivity index (χ3n) is 4.19. The lowest BCUT2D eigenvalue weighted by Crippen LogP contribution is -2.10. The second-order valence-corrected chi connectivity index (χ2v) is 7.67. The number of rotatable bonds is 1. The van der Waals surface area contributed by atoms with Crippen LogP contribution in [0.4, 0.5) is 0 Å². The number of aromatic amines is 1. The van der Waals surface area contributed by atoms with Gasteiger partial charge in [0.1, 0.15) is 10.7 Å². The molecule has 0 unspecified atom stereocenters. The van der Waals surface area contributed by atoms with Crippen LogP contribution in [0.25, 0.3) is 21.6 Å². The first kappa shape index (κ1) is 14.2. The van der Waals surface area contributed by atoms with Crippen molar-refractivity contribution in [2.45, 2.75) is 32.1 Å². The molecular formula is C17H15BrN2OS. The van der Waals surface area contributed by atoms with E-state index in [4.69, 9.17) is 4.98 Å². The van der Waals surface area contributed by atoms with Gasteiger partial charge in [-0.3, -0.25) is 4.79 Å². The molecule has 0 saturated carbocycles. The van der Waals surface area contributed by atoms with Crippen molar-refractivity contribution < 1.29 is 0 Å². The molecule has 0 saturated heterocycles. The Morgan fingerprint density at radius 2 is 1.86 bits per heavy atom. The molecule has 1 aliphatic rings. The fraction of sp³-hybridized carbons (Fsp3) is 0.294. The average molecular weight is 375 g/mol. The van der Waals surface area contributed by atoms with Gasteiger partial charge in [-0.2, -0.15) is 0 Å². The summed E-state index contributed by atoms with van der Waals surface area (Å²) in [4.78, 5) is 22.5. The Labute approximate surface area is 140 Å². The maximum atomic E-state index is 12.6. The predicted molar refractivity (Wildman–Crippen MR) is 94.6 cm³/mol. The van der Waals surface area contributed by atoms with Crippen molar-refractivity contribution in [3.63, 3.8) is 0 Å². The maximum Gasteiger partial charge on any atom is 0.260 e. The van der Waals surface area contributed by atoms with Crippen LogP contribution in [0, 0.1) is 0 Å². The topological polar surface area (TPSA) is 45.8 Å². The number of aryl methyl sites for hydroxylation is 2. The molecule has 3 nitrogen and oxygen atoms in total. The van der Waals surface area contributed by atoms with Gasteiger partial charge in [0.25, 0.3) is 5.56 Å². The number of thiophene rings is 1. The van der Waals surface area contributed by atoms with Crippen LogP contribution >= 0.6 is 27.3 Å². The zero-order chi connectivity index (χ0) is 15.1. The highest BCUT2D eigenvalue weighted by Crippen LogP contribution is 2.33. The number of hydrogen-bond donors (Lipinski definition) is 1. The molecule has 5 heteroatoms. The molecule has 1 aromatic carbocycles. The molecule has 1 N–H and O–H groups in total. The van der Waals surface area contributed by atoms with Gasteiger partial charge in [0, 0.05) is 14.9 Å². The SMILES string of the molecule is O=c1[nH]c(-c2ccc(Br)cc2)nc2sc3c(c12)CCCCC3. The van der Waals surface area contributed by atoms with Crippen molar-refractivity contribution in [3.05, 3.63) is 49.5 Å². The molecular weight excluding hydrogens is 360 g/mol. The van der Waals surface area contributed by atoms with Crippen LogP contribution in [0.1, 0.15) is 29.7 Å². The van der Waals surface area contributed by atoms with Crippen LogP contribution in [0.5, 0.6) is 0 Å². The highest BCUT2D eigenvalue weighted by molar-refractivity contribution is 9.10. The molecule has 0 spiro atoms. The third kappa shape index (κ3) is 2.42. The van der Waals surface area contributed by atoms with Crippen LogP contribution in [0.15, 0.2) is 33.5 Å². The van der Waals surface area contributed by atoms with Gasteiger partial charge in [0.05, 0.1) is 5.39 Å². The number of aromatic nitrogens is 2. The highest BCUT2D eigenvalue weighted by Gasteiger charge is 2.19. The lowest BCUT2D eigenvalue weighted by Gasteiger charge is -2.02. The molecule has 0 amide bonds. The van der Waals surface area contributed by atoms with Crippen molar-refractivity contribution in [1.82, 2.24) is 9.97 Å². The van der Waals surface area contributed by atoms with Crippen molar-refractivity contribution in [1.29, 1.82) is 0 Å². The molecule has 0 bridgehead atoms. The van der Waals surface area contributed by atoms with Gasteiger partial charge in [0.2, 0.25) is 0 Å². The van der Waals surface area contributed by atoms with E-state index in [0.29, 0.717) is 5.82 Å². The summed E-state index contributed by atoms with van der Waals surface area (Å²) < 4.78 is 1.02. The monoisotopic (exact) mass is 374 g/mol. The van der Waals surface area contributed by atoms with E-state index in [1.54, 1.807) is 11.3 Å². The smallest absolute Gasteiger partial charge is 0.260 e. The Morgan fingerprint density at radius 3 is 2.68 bits per heavy atom. The van der Waals surface area contributed by atoms with E-state index in [1.807, 2.05) is 24.3 Å². The molecule has 0 atom stereocenters. The lowest BCUT2D eigenvalue weighted by molar-refractivity contribution is 0.713. The molecule has 112 valence electrons. The molecule has 0 radical (unpaired) electrons. The first-order valence-electron chi connectivity index (χ1n) is 7.53. The normalized spacial score (nSPS) is 14.8. The summed E-state index contributed by atoms with van der Waals surface area (Å²) in [5.41, 5.74) is 2.18. The number of halogens is 1. The van der Waals surface area contributed by atoms with Crippen molar-refractivity contribution in [2.24, 2.45) is 0 Å². The van der Waals surface area contributed by atoms with E-state index < -0.39 is 0 Å². The number of fused-ring (bicyclic) bond motifs is 3. The summed E-state index contributed by atoms with van der Waals surface area (Å²) >= 11 is 5.13. The van der Waals surface area contributed by atoms with Crippen LogP contribution in [-0.2, 0) is 12.8 Å². The molecule has 4 rings (SSSR count). The highest BCUT2D eigenvalue weighted by atomic mass is 79.9. The van der Waals surface area contributed by atoms with Gasteiger partial charge in [-0.1, -0.05) is 34.5 Å². The zero-order valence-electron chi connectivity index (χ0n) is 12.0. The van der Waals surface area contributed by atoms with Crippen LogP contribution in [0.2, 0.25) is 0 Å². The fourth-order valence-corrected chi connectivity index (χ4v) is 4.61. The Bertz CT molecular complexity index is 895. The number of benzene rings is 1. The summed E-state index contributed by atoms with van der Waals surface area (Å²) in [6.07, 6.45) is 5.75. The minimum Gasteiger partial charge on any atom is -0.306 e. The standard InChI is InChI=1S/C17H15BrN2OS/c18-11-8-6-10(7-9-11)15-19-16(21)14-12-4-2-1-3-5-13(12)22-17(14)20-15/h6-9H,1-5H2,(H,19,20,21). The van der Waals surface area contributed by atoms with E-state index in [-0.39, 0.29) is 5.56 Å². The van der Waals surface area contributed by atoms with Crippen molar-refractivity contribution in [2.75, 3.05) is 0 Å². The van der Waals surface area contributed by atoms with E-state index in [9.17, 15) is 4.79 Å². The fourth-order valence-electron chi connectivity index (χ4n) is 3.09. The molecule has 1 aliphatic carbocycles. The van der Waals surface area contributed by atoms with Crippen LogP contribution < -0.4 is 5.56 Å². The summed E-state index contributed by atoms with van der Waals surface area (Å²) in [6.45, 7) is 0. The summed E-state index contributed by atoms with van der Waals surface area (Å²) in [7, 11) is 0.